The van der Waals surface area contributed by atoms with Gasteiger partial charge in [0.05, 0.1) is 13.7 Å². The zero-order valence-corrected chi connectivity index (χ0v) is 19.4. The maximum absolute atomic E-state index is 12.5. The van der Waals surface area contributed by atoms with E-state index in [0.29, 0.717) is 30.3 Å². The molecule has 2 aromatic carbocycles. The standard InChI is InChI=1S/C23H26N6O3S/c1-16-4-3-5-18(14-16)25-23(31)29-12-10-28(11-13-29)15-20-26-27-22(33-20)21(30)24-17-6-8-19(32-2)9-7-17/h3-9,14H,10-13,15H2,1-2H3,(H,24,30)(H,25,31). The lowest BCUT2D eigenvalue weighted by molar-refractivity contribution is 0.102. The molecule has 1 aliphatic heterocycles. The number of methoxy groups -OCH3 is 1. The zero-order chi connectivity index (χ0) is 23.2. The van der Waals surface area contributed by atoms with Gasteiger partial charge in [0, 0.05) is 37.6 Å². The molecule has 0 spiro atoms. The second kappa shape index (κ2) is 10.4. The molecule has 9 nitrogen and oxygen atoms in total. The molecule has 2 N–H and O–H groups in total. The molecule has 3 aromatic rings. The third-order valence-corrected chi connectivity index (χ3v) is 6.20. The number of hydrogen-bond donors (Lipinski definition) is 2. The Balaban J connectivity index is 1.25. The third kappa shape index (κ3) is 6.05. The van der Waals surface area contributed by atoms with E-state index in [1.165, 1.54) is 11.3 Å². The molecular weight excluding hydrogens is 440 g/mol. The van der Waals surface area contributed by atoms with Crippen molar-refractivity contribution in [2.75, 3.05) is 43.9 Å². The largest absolute Gasteiger partial charge is 0.497 e. The first kappa shape index (κ1) is 22.7. The predicted octanol–water partition coefficient (Wildman–Crippen LogP) is 3.46. The first-order valence-electron chi connectivity index (χ1n) is 10.6. The Hall–Kier alpha value is -3.50. The number of nitrogens with zero attached hydrogens (tertiary/aromatic N) is 4. The minimum Gasteiger partial charge on any atom is -0.497 e. The molecule has 0 unspecified atom stereocenters. The summed E-state index contributed by atoms with van der Waals surface area (Å²) in [5.41, 5.74) is 2.57. The van der Waals surface area contributed by atoms with Gasteiger partial charge in [0.1, 0.15) is 10.8 Å². The van der Waals surface area contributed by atoms with Crippen molar-refractivity contribution >= 4 is 34.6 Å². The first-order chi connectivity index (χ1) is 16.0. The maximum Gasteiger partial charge on any atom is 0.321 e. The normalized spacial score (nSPS) is 14.1. The van der Waals surface area contributed by atoms with Gasteiger partial charge >= 0.3 is 6.03 Å². The molecule has 2 heterocycles. The van der Waals surface area contributed by atoms with Crippen molar-refractivity contribution in [1.29, 1.82) is 0 Å². The summed E-state index contributed by atoms with van der Waals surface area (Å²) < 4.78 is 5.12. The number of hydrogen-bond acceptors (Lipinski definition) is 7. The van der Waals surface area contributed by atoms with E-state index in [-0.39, 0.29) is 11.9 Å². The first-order valence-corrected chi connectivity index (χ1v) is 11.4. The number of anilines is 2. The van der Waals surface area contributed by atoms with E-state index in [2.05, 4.69) is 25.7 Å². The second-order valence-electron chi connectivity index (χ2n) is 7.75. The highest BCUT2D eigenvalue weighted by Crippen LogP contribution is 2.19. The molecule has 1 aliphatic rings. The van der Waals surface area contributed by atoms with Crippen LogP contribution >= 0.6 is 11.3 Å². The minimum atomic E-state index is -0.290. The van der Waals surface area contributed by atoms with Crippen LogP contribution in [-0.4, -0.2) is 65.2 Å². The molecule has 33 heavy (non-hydrogen) atoms. The number of aryl methyl sites for hydroxylation is 1. The van der Waals surface area contributed by atoms with Crippen molar-refractivity contribution in [2.24, 2.45) is 0 Å². The van der Waals surface area contributed by atoms with Crippen LogP contribution < -0.4 is 15.4 Å². The molecule has 0 radical (unpaired) electrons. The van der Waals surface area contributed by atoms with Crippen LogP contribution in [0.1, 0.15) is 20.4 Å². The van der Waals surface area contributed by atoms with E-state index in [9.17, 15) is 9.59 Å². The summed E-state index contributed by atoms with van der Waals surface area (Å²) in [4.78, 5) is 29.0. The average Bonchev–Trinajstić information content (AvgIpc) is 3.29. The minimum absolute atomic E-state index is 0.0892. The van der Waals surface area contributed by atoms with Gasteiger partial charge in [-0.05, 0) is 48.9 Å². The Labute approximate surface area is 196 Å². The van der Waals surface area contributed by atoms with E-state index >= 15 is 0 Å². The topological polar surface area (TPSA) is 99.7 Å². The van der Waals surface area contributed by atoms with E-state index in [1.54, 1.807) is 31.4 Å². The quantitative estimate of drug-likeness (QED) is 0.577. The number of aromatic nitrogens is 2. The van der Waals surface area contributed by atoms with Crippen LogP contribution in [0.15, 0.2) is 48.5 Å². The van der Waals surface area contributed by atoms with E-state index in [0.717, 1.165) is 35.1 Å². The smallest absolute Gasteiger partial charge is 0.321 e. The Morgan fingerprint density at radius 2 is 1.76 bits per heavy atom. The fourth-order valence-electron chi connectivity index (χ4n) is 3.49. The Bertz CT molecular complexity index is 1110. The summed E-state index contributed by atoms with van der Waals surface area (Å²) in [5.74, 6) is 0.431. The molecule has 1 aromatic heterocycles. The van der Waals surface area contributed by atoms with Crippen molar-refractivity contribution < 1.29 is 14.3 Å². The van der Waals surface area contributed by atoms with Crippen LogP contribution in [-0.2, 0) is 6.54 Å². The summed E-state index contributed by atoms with van der Waals surface area (Å²) in [6.45, 7) is 5.31. The van der Waals surface area contributed by atoms with E-state index < -0.39 is 0 Å². The molecular formula is C23H26N6O3S. The Morgan fingerprint density at radius 3 is 2.45 bits per heavy atom. The summed E-state index contributed by atoms with van der Waals surface area (Å²) in [7, 11) is 1.59. The number of ether oxygens (including phenoxy) is 1. The lowest BCUT2D eigenvalue weighted by Gasteiger charge is -2.34. The monoisotopic (exact) mass is 466 g/mol. The van der Waals surface area contributed by atoms with Gasteiger partial charge in [-0.15, -0.1) is 10.2 Å². The van der Waals surface area contributed by atoms with Gasteiger partial charge in [-0.3, -0.25) is 9.69 Å². The van der Waals surface area contributed by atoms with Crippen molar-refractivity contribution in [2.45, 2.75) is 13.5 Å². The molecule has 0 atom stereocenters. The number of benzene rings is 2. The SMILES string of the molecule is COc1ccc(NC(=O)c2nnc(CN3CCN(C(=O)Nc4cccc(C)c4)CC3)s2)cc1. The molecule has 1 saturated heterocycles. The maximum atomic E-state index is 12.5. The number of carbonyl (C=O) groups excluding carboxylic acids is 2. The van der Waals surface area contributed by atoms with Crippen LogP contribution in [0, 0.1) is 6.92 Å². The van der Waals surface area contributed by atoms with Gasteiger partial charge < -0.3 is 20.3 Å². The van der Waals surface area contributed by atoms with Gasteiger partial charge in [0.15, 0.2) is 0 Å². The number of piperazine rings is 1. The fraction of sp³-hybridized carbons (Fsp3) is 0.304. The van der Waals surface area contributed by atoms with Crippen LogP contribution in [0.4, 0.5) is 16.2 Å². The van der Waals surface area contributed by atoms with E-state index in [4.69, 9.17) is 4.74 Å². The number of amides is 3. The number of nitrogens with one attached hydrogen (secondary N) is 2. The van der Waals surface area contributed by atoms with Gasteiger partial charge in [0.2, 0.25) is 5.01 Å². The van der Waals surface area contributed by atoms with Gasteiger partial charge in [-0.25, -0.2) is 4.79 Å². The summed E-state index contributed by atoms with van der Waals surface area (Å²) in [5, 5.41) is 15.1. The summed E-state index contributed by atoms with van der Waals surface area (Å²) in [6.07, 6.45) is 0. The highest BCUT2D eigenvalue weighted by Gasteiger charge is 2.23. The number of carbonyl (C=O) groups is 2. The lowest BCUT2D eigenvalue weighted by Crippen LogP contribution is -2.49. The van der Waals surface area contributed by atoms with Crippen molar-refractivity contribution in [3.05, 3.63) is 64.1 Å². The van der Waals surface area contributed by atoms with Crippen molar-refractivity contribution in [3.8, 4) is 5.75 Å². The Kier molecular flexibility index (Phi) is 7.16. The van der Waals surface area contributed by atoms with Crippen molar-refractivity contribution in [1.82, 2.24) is 20.0 Å². The molecule has 3 amide bonds. The molecule has 4 rings (SSSR count). The van der Waals surface area contributed by atoms with Crippen LogP contribution in [0.25, 0.3) is 0 Å². The molecule has 0 bridgehead atoms. The molecule has 10 heteroatoms. The van der Waals surface area contributed by atoms with Crippen LogP contribution in [0.5, 0.6) is 5.75 Å². The van der Waals surface area contributed by atoms with Crippen molar-refractivity contribution in [3.63, 3.8) is 0 Å². The van der Waals surface area contributed by atoms with Gasteiger partial charge in [-0.1, -0.05) is 23.5 Å². The lowest BCUT2D eigenvalue weighted by atomic mass is 10.2. The number of rotatable bonds is 6. The van der Waals surface area contributed by atoms with E-state index in [1.807, 2.05) is 36.1 Å². The molecule has 1 fully saturated rings. The molecule has 0 aliphatic carbocycles. The highest BCUT2D eigenvalue weighted by molar-refractivity contribution is 7.13. The number of urea groups is 1. The summed E-state index contributed by atoms with van der Waals surface area (Å²) >= 11 is 1.28. The predicted molar refractivity (Wildman–Crippen MR) is 128 cm³/mol. The van der Waals surface area contributed by atoms with Crippen LogP contribution in [0.3, 0.4) is 0 Å². The van der Waals surface area contributed by atoms with Crippen LogP contribution in [0.2, 0.25) is 0 Å². The fourth-order valence-corrected chi connectivity index (χ4v) is 4.27. The molecule has 172 valence electrons. The molecule has 0 saturated carbocycles. The zero-order valence-electron chi connectivity index (χ0n) is 18.6. The van der Waals surface area contributed by atoms with Gasteiger partial charge in [-0.2, -0.15) is 0 Å². The Morgan fingerprint density at radius 1 is 1.00 bits per heavy atom. The van der Waals surface area contributed by atoms with Gasteiger partial charge in [0.25, 0.3) is 5.91 Å². The third-order valence-electron chi connectivity index (χ3n) is 5.30. The second-order valence-corrected chi connectivity index (χ2v) is 8.81. The average molecular weight is 467 g/mol. The summed E-state index contributed by atoms with van der Waals surface area (Å²) in [6, 6.07) is 14.8. The highest BCUT2D eigenvalue weighted by atomic mass is 32.1.